The molecule has 2 aromatic heterocycles. The first kappa shape index (κ1) is 21.3. The lowest BCUT2D eigenvalue weighted by molar-refractivity contribution is -0.384. The first-order valence-corrected chi connectivity index (χ1v) is 10.5. The predicted molar refractivity (Wildman–Crippen MR) is 122 cm³/mol. The van der Waals surface area contributed by atoms with Crippen LogP contribution in [0.2, 0.25) is 0 Å². The smallest absolute Gasteiger partial charge is 0.341 e. The molecule has 0 amide bonds. The Labute approximate surface area is 186 Å². The Morgan fingerprint density at radius 1 is 1.22 bits per heavy atom. The highest BCUT2D eigenvalue weighted by molar-refractivity contribution is 7.23. The summed E-state index contributed by atoms with van der Waals surface area (Å²) >= 11 is 1.39. The van der Waals surface area contributed by atoms with Crippen LogP contribution in [0.25, 0.3) is 21.4 Å². The fraction of sp³-hybridized carbons (Fsp3) is 0.130. The van der Waals surface area contributed by atoms with E-state index in [0.717, 1.165) is 10.1 Å². The second-order valence-electron chi connectivity index (χ2n) is 6.60. The molecule has 2 aromatic carbocycles. The molecule has 0 saturated carbocycles. The Morgan fingerprint density at radius 3 is 2.78 bits per heavy atom. The monoisotopic (exact) mass is 450 g/mol. The lowest BCUT2D eigenvalue weighted by atomic mass is 10.1. The average molecular weight is 450 g/mol. The van der Waals surface area contributed by atoms with E-state index < -0.39 is 10.9 Å². The maximum absolute atomic E-state index is 12.5. The highest BCUT2D eigenvalue weighted by atomic mass is 32.1. The minimum Gasteiger partial charge on any atom is -0.496 e. The van der Waals surface area contributed by atoms with Crippen molar-refractivity contribution in [1.29, 1.82) is 0 Å². The fourth-order valence-electron chi connectivity index (χ4n) is 3.21. The number of furan rings is 1. The van der Waals surface area contributed by atoms with Crippen LogP contribution in [-0.4, -0.2) is 30.8 Å². The summed E-state index contributed by atoms with van der Waals surface area (Å²) in [5.41, 5.74) is 0.926. The summed E-state index contributed by atoms with van der Waals surface area (Å²) < 4.78 is 17.3. The molecule has 0 unspecified atom stereocenters. The summed E-state index contributed by atoms with van der Waals surface area (Å²) in [4.78, 5) is 27.5. The van der Waals surface area contributed by atoms with Crippen LogP contribution in [0.1, 0.15) is 23.0 Å². The van der Waals surface area contributed by atoms with E-state index in [0.29, 0.717) is 33.4 Å². The van der Waals surface area contributed by atoms with E-state index in [2.05, 4.69) is 4.99 Å². The van der Waals surface area contributed by atoms with Crippen molar-refractivity contribution >= 4 is 44.3 Å². The van der Waals surface area contributed by atoms with Crippen molar-refractivity contribution in [3.8, 4) is 17.1 Å². The van der Waals surface area contributed by atoms with E-state index in [1.54, 1.807) is 25.1 Å². The number of carbonyl (C=O) groups excluding carboxylic acids is 1. The van der Waals surface area contributed by atoms with E-state index in [1.807, 2.05) is 24.3 Å². The molecule has 4 rings (SSSR count). The number of methoxy groups -OCH3 is 1. The molecular formula is C23H18N2O6S. The van der Waals surface area contributed by atoms with Crippen LogP contribution in [-0.2, 0) is 4.74 Å². The van der Waals surface area contributed by atoms with Gasteiger partial charge in [-0.1, -0.05) is 18.2 Å². The summed E-state index contributed by atoms with van der Waals surface area (Å²) in [6.07, 6.45) is 1.52. The molecule has 0 spiro atoms. The number of esters is 1. The lowest BCUT2D eigenvalue weighted by Crippen LogP contribution is -2.03. The highest BCUT2D eigenvalue weighted by Crippen LogP contribution is 2.38. The standard InChI is InChI=1S/C23H18N2O6S/c1-3-30-23(26)21-17-6-4-5-7-20(17)32-22(21)24-13-15-9-11-18(31-15)16-10-8-14(25(27)28)12-19(16)29-2/h4-13H,3H2,1-2H3. The number of ether oxygens (including phenoxy) is 2. The van der Waals surface area contributed by atoms with Gasteiger partial charge in [-0.2, -0.15) is 0 Å². The number of carbonyl (C=O) groups is 1. The van der Waals surface area contributed by atoms with Crippen molar-refractivity contribution in [2.45, 2.75) is 6.92 Å². The number of nitrogens with zero attached hydrogens (tertiary/aromatic N) is 2. The molecule has 0 radical (unpaired) electrons. The number of fused-ring (bicyclic) bond motifs is 1. The third-order valence-corrected chi connectivity index (χ3v) is 5.73. The molecule has 0 saturated heterocycles. The number of nitro groups is 1. The number of thiophene rings is 1. The molecule has 4 aromatic rings. The van der Waals surface area contributed by atoms with Gasteiger partial charge in [0.15, 0.2) is 0 Å². The quantitative estimate of drug-likeness (QED) is 0.148. The van der Waals surface area contributed by atoms with E-state index in [-0.39, 0.29) is 12.3 Å². The van der Waals surface area contributed by atoms with Gasteiger partial charge in [-0.3, -0.25) is 10.1 Å². The highest BCUT2D eigenvalue weighted by Gasteiger charge is 2.20. The van der Waals surface area contributed by atoms with Gasteiger partial charge in [-0.25, -0.2) is 9.79 Å². The van der Waals surface area contributed by atoms with Crippen LogP contribution >= 0.6 is 11.3 Å². The van der Waals surface area contributed by atoms with Gasteiger partial charge in [0.2, 0.25) is 0 Å². The first-order chi connectivity index (χ1) is 15.5. The molecule has 9 heteroatoms. The van der Waals surface area contributed by atoms with Crippen LogP contribution in [0.3, 0.4) is 0 Å². The largest absolute Gasteiger partial charge is 0.496 e. The summed E-state index contributed by atoms with van der Waals surface area (Å²) in [7, 11) is 1.44. The van der Waals surface area contributed by atoms with Crippen molar-refractivity contribution in [3.05, 3.63) is 76.0 Å². The second kappa shape index (κ2) is 9.03. The lowest BCUT2D eigenvalue weighted by Gasteiger charge is -2.05. The predicted octanol–water partition coefficient (Wildman–Crippen LogP) is 6.01. The number of hydrogen-bond donors (Lipinski definition) is 0. The van der Waals surface area contributed by atoms with E-state index in [4.69, 9.17) is 13.9 Å². The molecule has 32 heavy (non-hydrogen) atoms. The molecule has 2 heterocycles. The number of nitro benzene ring substituents is 1. The number of rotatable bonds is 7. The van der Waals surface area contributed by atoms with Gasteiger partial charge >= 0.3 is 5.97 Å². The van der Waals surface area contributed by atoms with Crippen LogP contribution in [0.4, 0.5) is 10.7 Å². The topological polar surface area (TPSA) is 104 Å². The first-order valence-electron chi connectivity index (χ1n) is 9.67. The SMILES string of the molecule is CCOC(=O)c1c(N=Cc2ccc(-c3ccc([N+](=O)[O-])cc3OC)o2)sc2ccccc12. The maximum atomic E-state index is 12.5. The van der Waals surface area contributed by atoms with Gasteiger partial charge in [0.25, 0.3) is 5.69 Å². The molecule has 0 atom stereocenters. The zero-order valence-electron chi connectivity index (χ0n) is 17.2. The van der Waals surface area contributed by atoms with Gasteiger partial charge in [-0.05, 0) is 31.2 Å². The molecule has 0 bridgehead atoms. The third kappa shape index (κ3) is 4.10. The van der Waals surface area contributed by atoms with Crippen molar-refractivity contribution in [2.75, 3.05) is 13.7 Å². The van der Waals surface area contributed by atoms with Crippen molar-refractivity contribution in [3.63, 3.8) is 0 Å². The Morgan fingerprint density at radius 2 is 2.03 bits per heavy atom. The van der Waals surface area contributed by atoms with Crippen molar-refractivity contribution < 1.29 is 23.6 Å². The summed E-state index contributed by atoms with van der Waals surface area (Å²) in [6.45, 7) is 2.02. The van der Waals surface area contributed by atoms with Crippen LogP contribution in [0.15, 0.2) is 64.0 Å². The van der Waals surface area contributed by atoms with Crippen molar-refractivity contribution in [2.24, 2.45) is 4.99 Å². The van der Waals surface area contributed by atoms with E-state index >= 15 is 0 Å². The molecule has 0 fully saturated rings. The van der Waals surface area contributed by atoms with Crippen LogP contribution in [0, 0.1) is 10.1 Å². The molecule has 0 aliphatic carbocycles. The zero-order valence-corrected chi connectivity index (χ0v) is 18.0. The minimum atomic E-state index is -0.487. The molecule has 0 N–H and O–H groups in total. The number of hydrogen-bond acceptors (Lipinski definition) is 8. The van der Waals surface area contributed by atoms with Gasteiger partial charge in [-0.15, -0.1) is 11.3 Å². The Kier molecular flexibility index (Phi) is 6.00. The zero-order chi connectivity index (χ0) is 22.7. The maximum Gasteiger partial charge on any atom is 0.341 e. The average Bonchev–Trinajstić information content (AvgIpc) is 3.41. The van der Waals surface area contributed by atoms with Crippen LogP contribution in [0.5, 0.6) is 5.75 Å². The Bertz CT molecular complexity index is 1340. The molecule has 8 nitrogen and oxygen atoms in total. The summed E-state index contributed by atoms with van der Waals surface area (Å²) in [5, 5.41) is 12.3. The number of benzene rings is 2. The molecule has 0 aliphatic rings. The van der Waals surface area contributed by atoms with Crippen molar-refractivity contribution in [1.82, 2.24) is 0 Å². The Balaban J connectivity index is 1.67. The van der Waals surface area contributed by atoms with E-state index in [9.17, 15) is 14.9 Å². The Hall–Kier alpha value is -3.98. The van der Waals surface area contributed by atoms with Gasteiger partial charge in [0, 0.05) is 16.2 Å². The molecular weight excluding hydrogens is 432 g/mol. The van der Waals surface area contributed by atoms with Gasteiger partial charge in [0.05, 0.1) is 36.5 Å². The minimum absolute atomic E-state index is 0.0739. The van der Waals surface area contributed by atoms with Gasteiger partial charge < -0.3 is 13.9 Å². The molecule has 162 valence electrons. The van der Waals surface area contributed by atoms with Crippen LogP contribution < -0.4 is 4.74 Å². The fourth-order valence-corrected chi connectivity index (χ4v) is 4.25. The summed E-state index contributed by atoms with van der Waals surface area (Å²) in [6, 6.07) is 15.3. The second-order valence-corrected chi connectivity index (χ2v) is 7.63. The third-order valence-electron chi connectivity index (χ3n) is 4.65. The molecule has 0 aliphatic heterocycles. The summed E-state index contributed by atoms with van der Waals surface area (Å²) in [5.74, 6) is 0.826. The number of aliphatic imine (C=N–C) groups is 1. The number of non-ortho nitro benzene ring substituents is 1. The van der Waals surface area contributed by atoms with Gasteiger partial charge in [0.1, 0.15) is 27.8 Å². The normalized spacial score (nSPS) is 11.2. The van der Waals surface area contributed by atoms with E-state index in [1.165, 1.54) is 36.8 Å².